The molecule has 1 atom stereocenters. The summed E-state index contributed by atoms with van der Waals surface area (Å²) in [5, 5.41) is 7.94. The molecule has 1 amide bonds. The third kappa shape index (κ3) is 3.15. The van der Waals surface area contributed by atoms with Gasteiger partial charge < -0.3 is 10.1 Å². The number of fused-ring (bicyclic) bond motifs is 1. The number of nitrogens with one attached hydrogen (secondary N) is 1. The molecule has 2 heterocycles. The molecule has 0 radical (unpaired) electrons. The molecule has 1 aliphatic rings. The van der Waals surface area contributed by atoms with E-state index in [1.807, 2.05) is 42.8 Å². The lowest BCUT2D eigenvalue weighted by atomic mass is 10.1. The van der Waals surface area contributed by atoms with Crippen LogP contribution >= 0.6 is 11.6 Å². The van der Waals surface area contributed by atoms with Crippen molar-refractivity contribution >= 4 is 17.5 Å². The molecule has 0 saturated carbocycles. The molecule has 1 aromatic carbocycles. The zero-order valence-electron chi connectivity index (χ0n) is 12.5. The van der Waals surface area contributed by atoms with Crippen LogP contribution in [0, 0.1) is 0 Å². The summed E-state index contributed by atoms with van der Waals surface area (Å²) in [6.07, 6.45) is -0.0781. The first-order chi connectivity index (χ1) is 10.5. The maximum absolute atomic E-state index is 12.0. The first-order valence-corrected chi connectivity index (χ1v) is 7.65. The summed E-state index contributed by atoms with van der Waals surface area (Å²) in [6, 6.07) is 9.47. The lowest BCUT2D eigenvalue weighted by Crippen LogP contribution is -2.30. The molecule has 5 nitrogen and oxygen atoms in total. The van der Waals surface area contributed by atoms with E-state index in [1.54, 1.807) is 6.07 Å². The van der Waals surface area contributed by atoms with Crippen molar-refractivity contribution in [1.82, 2.24) is 15.1 Å². The van der Waals surface area contributed by atoms with Crippen molar-refractivity contribution in [2.45, 2.75) is 39.1 Å². The summed E-state index contributed by atoms with van der Waals surface area (Å²) in [6.45, 7) is 4.88. The molecule has 1 aromatic heterocycles. The highest BCUT2D eigenvalue weighted by Crippen LogP contribution is 2.27. The Morgan fingerprint density at radius 1 is 1.41 bits per heavy atom. The summed E-state index contributed by atoms with van der Waals surface area (Å²) < 4.78 is 7.71. The summed E-state index contributed by atoms with van der Waals surface area (Å²) in [5.74, 6) is -0.153. The topological polar surface area (TPSA) is 56.2 Å². The van der Waals surface area contributed by atoms with Gasteiger partial charge in [-0.1, -0.05) is 23.7 Å². The van der Waals surface area contributed by atoms with E-state index in [9.17, 15) is 4.79 Å². The Balaban J connectivity index is 1.77. The maximum Gasteiger partial charge on any atom is 0.271 e. The molecule has 3 rings (SSSR count). The van der Waals surface area contributed by atoms with Gasteiger partial charge in [-0.15, -0.1) is 0 Å². The summed E-state index contributed by atoms with van der Waals surface area (Å²) in [5.41, 5.74) is 2.40. The zero-order valence-corrected chi connectivity index (χ0v) is 13.3. The van der Waals surface area contributed by atoms with Crippen LogP contribution in [0.3, 0.4) is 0 Å². The van der Waals surface area contributed by atoms with Crippen molar-refractivity contribution in [2.75, 3.05) is 0 Å². The van der Waals surface area contributed by atoms with E-state index in [4.69, 9.17) is 16.3 Å². The molecule has 22 heavy (non-hydrogen) atoms. The Morgan fingerprint density at radius 2 is 2.14 bits per heavy atom. The second-order valence-electron chi connectivity index (χ2n) is 5.68. The largest absolute Gasteiger partial charge is 0.365 e. The number of halogens is 1. The zero-order chi connectivity index (χ0) is 15.7. The minimum Gasteiger partial charge on any atom is -0.365 e. The van der Waals surface area contributed by atoms with Crippen LogP contribution in [0.2, 0.25) is 5.02 Å². The molecule has 6 heteroatoms. The van der Waals surface area contributed by atoms with Crippen molar-refractivity contribution in [3.05, 3.63) is 52.3 Å². The highest BCUT2D eigenvalue weighted by Gasteiger charge is 2.24. The molecule has 0 spiro atoms. The second-order valence-corrected chi connectivity index (χ2v) is 6.12. The Morgan fingerprint density at radius 3 is 2.82 bits per heavy atom. The first-order valence-electron chi connectivity index (χ1n) is 7.27. The van der Waals surface area contributed by atoms with E-state index in [-0.39, 0.29) is 18.1 Å². The van der Waals surface area contributed by atoms with Crippen LogP contribution in [-0.2, 0) is 17.9 Å². The van der Waals surface area contributed by atoms with Crippen LogP contribution in [0.25, 0.3) is 0 Å². The van der Waals surface area contributed by atoms with Crippen LogP contribution in [0.1, 0.15) is 41.7 Å². The number of carbonyl (C=O) groups is 1. The van der Waals surface area contributed by atoms with Gasteiger partial charge in [-0.2, -0.15) is 5.10 Å². The quantitative estimate of drug-likeness (QED) is 0.946. The number of hydrogen-bond donors (Lipinski definition) is 1. The number of rotatable bonds is 3. The van der Waals surface area contributed by atoms with Crippen molar-refractivity contribution < 1.29 is 9.53 Å². The van der Waals surface area contributed by atoms with Crippen LogP contribution < -0.4 is 5.32 Å². The van der Waals surface area contributed by atoms with Crippen molar-refractivity contribution in [3.8, 4) is 0 Å². The molecule has 0 fully saturated rings. The first kappa shape index (κ1) is 15.1. The Labute approximate surface area is 134 Å². The van der Waals surface area contributed by atoms with Gasteiger partial charge in [0.15, 0.2) is 5.69 Å². The number of carbonyl (C=O) groups excluding carboxylic acids is 1. The van der Waals surface area contributed by atoms with Gasteiger partial charge in [0.2, 0.25) is 0 Å². The Hall–Kier alpha value is -1.85. The van der Waals surface area contributed by atoms with Crippen molar-refractivity contribution in [2.24, 2.45) is 0 Å². The lowest BCUT2D eigenvalue weighted by Gasteiger charge is -2.24. The van der Waals surface area contributed by atoms with Crippen LogP contribution in [-0.4, -0.2) is 21.7 Å². The van der Waals surface area contributed by atoms with Gasteiger partial charge in [-0.05, 0) is 37.6 Å². The molecule has 1 aliphatic heterocycles. The monoisotopic (exact) mass is 319 g/mol. The number of benzene rings is 1. The number of aromatic nitrogens is 2. The third-order valence-corrected chi connectivity index (χ3v) is 3.78. The molecule has 0 bridgehead atoms. The molecule has 116 valence electrons. The number of nitrogens with zero attached hydrogens (tertiary/aromatic N) is 2. The fourth-order valence-electron chi connectivity index (χ4n) is 2.45. The standard InChI is InChI=1S/C16H18ClN3O2/c1-10(2)18-16(21)14-7-13-9-22-15(8-20(13)19-14)11-3-5-12(17)6-4-11/h3-7,10,15H,8-9H2,1-2H3,(H,18,21). The highest BCUT2D eigenvalue weighted by atomic mass is 35.5. The van der Waals surface area contributed by atoms with Gasteiger partial charge in [0.05, 0.1) is 18.8 Å². The van der Waals surface area contributed by atoms with E-state index < -0.39 is 0 Å². The Kier molecular flexibility index (Phi) is 4.18. The summed E-state index contributed by atoms with van der Waals surface area (Å²) in [4.78, 5) is 12.0. The number of ether oxygens (including phenoxy) is 1. The predicted octanol–water partition coefficient (Wildman–Crippen LogP) is 2.95. The van der Waals surface area contributed by atoms with Gasteiger partial charge in [0.25, 0.3) is 5.91 Å². The van der Waals surface area contributed by atoms with E-state index in [2.05, 4.69) is 10.4 Å². The molecule has 1 N–H and O–H groups in total. The van der Waals surface area contributed by atoms with Crippen LogP contribution in [0.15, 0.2) is 30.3 Å². The lowest BCUT2D eigenvalue weighted by molar-refractivity contribution is -0.00119. The van der Waals surface area contributed by atoms with Crippen molar-refractivity contribution in [1.29, 1.82) is 0 Å². The SMILES string of the molecule is CC(C)NC(=O)c1cc2n(n1)CC(c1ccc(Cl)cc1)OC2. The smallest absolute Gasteiger partial charge is 0.271 e. The molecular formula is C16H18ClN3O2. The van der Waals surface area contributed by atoms with E-state index in [0.717, 1.165) is 11.3 Å². The average Bonchev–Trinajstić information content (AvgIpc) is 2.90. The molecule has 1 unspecified atom stereocenters. The van der Waals surface area contributed by atoms with E-state index in [1.165, 1.54) is 0 Å². The minimum atomic E-state index is -0.153. The van der Waals surface area contributed by atoms with Crippen LogP contribution in [0.5, 0.6) is 0 Å². The van der Waals surface area contributed by atoms with E-state index in [0.29, 0.717) is 23.9 Å². The Bertz CT molecular complexity index is 679. The molecule has 2 aromatic rings. The molecule has 0 aliphatic carbocycles. The van der Waals surface area contributed by atoms with Crippen LogP contribution in [0.4, 0.5) is 0 Å². The predicted molar refractivity (Wildman–Crippen MR) is 83.8 cm³/mol. The fraction of sp³-hybridized carbons (Fsp3) is 0.375. The average molecular weight is 320 g/mol. The normalized spacial score (nSPS) is 17.4. The number of hydrogen-bond acceptors (Lipinski definition) is 3. The van der Waals surface area contributed by atoms with Crippen molar-refractivity contribution in [3.63, 3.8) is 0 Å². The van der Waals surface area contributed by atoms with Gasteiger partial charge in [-0.25, -0.2) is 0 Å². The molecular weight excluding hydrogens is 302 g/mol. The fourth-order valence-corrected chi connectivity index (χ4v) is 2.58. The van der Waals surface area contributed by atoms with Gasteiger partial charge in [-0.3, -0.25) is 9.48 Å². The van der Waals surface area contributed by atoms with Gasteiger partial charge in [0.1, 0.15) is 6.10 Å². The maximum atomic E-state index is 12.0. The van der Waals surface area contributed by atoms with Gasteiger partial charge in [0, 0.05) is 11.1 Å². The third-order valence-electron chi connectivity index (χ3n) is 3.53. The second kappa shape index (κ2) is 6.10. The summed E-state index contributed by atoms with van der Waals surface area (Å²) in [7, 11) is 0. The minimum absolute atomic E-state index is 0.0781. The number of amides is 1. The molecule has 0 saturated heterocycles. The van der Waals surface area contributed by atoms with Gasteiger partial charge >= 0.3 is 0 Å². The highest BCUT2D eigenvalue weighted by molar-refractivity contribution is 6.30. The summed E-state index contributed by atoms with van der Waals surface area (Å²) >= 11 is 5.91. The van der Waals surface area contributed by atoms with E-state index >= 15 is 0 Å².